The summed E-state index contributed by atoms with van der Waals surface area (Å²) >= 11 is 6.03. The molecule has 0 saturated heterocycles. The molecule has 2 N–H and O–H groups in total. The number of benzene rings is 1. The first kappa shape index (κ1) is 11.1. The van der Waals surface area contributed by atoms with Gasteiger partial charge in [-0.2, -0.15) is 0 Å². The molecule has 0 aliphatic rings. The second-order valence-corrected chi connectivity index (χ2v) is 4.69. The van der Waals surface area contributed by atoms with E-state index in [0.29, 0.717) is 5.69 Å². The molecule has 0 aliphatic heterocycles. The van der Waals surface area contributed by atoms with Crippen molar-refractivity contribution in [3.05, 3.63) is 53.3 Å². The van der Waals surface area contributed by atoms with Crippen molar-refractivity contribution in [1.82, 2.24) is 9.38 Å². The number of pyridine rings is 1. The predicted octanol–water partition coefficient (Wildman–Crippen LogP) is 3.55. The van der Waals surface area contributed by atoms with Gasteiger partial charge in [0, 0.05) is 23.0 Å². The first-order chi connectivity index (χ1) is 8.65. The maximum Gasteiger partial charge on any atom is 0.160 e. The number of fused-ring (bicyclic) bond motifs is 1. The minimum absolute atomic E-state index is 0.675. The predicted molar refractivity (Wildman–Crippen MR) is 74.8 cm³/mol. The molecule has 2 heterocycles. The van der Waals surface area contributed by atoms with Crippen LogP contribution in [0.3, 0.4) is 0 Å². The topological polar surface area (TPSA) is 43.3 Å². The zero-order valence-electron chi connectivity index (χ0n) is 9.89. The van der Waals surface area contributed by atoms with E-state index in [0.717, 1.165) is 27.5 Å². The third-order valence-electron chi connectivity index (χ3n) is 2.97. The molecule has 0 amide bonds. The van der Waals surface area contributed by atoms with Crippen LogP contribution in [0.25, 0.3) is 16.9 Å². The number of aromatic nitrogens is 2. The molecule has 0 bridgehead atoms. The summed E-state index contributed by atoms with van der Waals surface area (Å²) < 4.78 is 1.93. The highest BCUT2D eigenvalue weighted by Gasteiger charge is 2.07. The summed E-state index contributed by atoms with van der Waals surface area (Å²) in [7, 11) is 0. The van der Waals surface area contributed by atoms with Gasteiger partial charge in [0.15, 0.2) is 5.65 Å². The number of hydrogen-bond acceptors (Lipinski definition) is 2. The highest BCUT2D eigenvalue weighted by atomic mass is 35.5. The van der Waals surface area contributed by atoms with E-state index in [1.54, 1.807) is 0 Å². The Hall–Kier alpha value is -2.00. The first-order valence-electron chi connectivity index (χ1n) is 5.65. The Balaban J connectivity index is 2.19. The number of hydrogen-bond donors (Lipinski definition) is 1. The average Bonchev–Trinajstić information content (AvgIpc) is 2.78. The van der Waals surface area contributed by atoms with Crippen LogP contribution in [0.15, 0.2) is 42.7 Å². The van der Waals surface area contributed by atoms with Crippen molar-refractivity contribution in [3.8, 4) is 11.3 Å². The summed E-state index contributed by atoms with van der Waals surface area (Å²) in [6.07, 6.45) is 3.90. The van der Waals surface area contributed by atoms with Gasteiger partial charge in [-0.15, -0.1) is 0 Å². The van der Waals surface area contributed by atoms with Crippen LogP contribution >= 0.6 is 11.6 Å². The van der Waals surface area contributed by atoms with Gasteiger partial charge in [0.05, 0.1) is 11.4 Å². The van der Waals surface area contributed by atoms with E-state index in [9.17, 15) is 0 Å². The number of halogens is 1. The molecule has 2 aromatic heterocycles. The lowest BCUT2D eigenvalue weighted by Crippen LogP contribution is -1.90. The van der Waals surface area contributed by atoms with Crippen molar-refractivity contribution in [1.29, 1.82) is 0 Å². The van der Waals surface area contributed by atoms with Crippen LogP contribution < -0.4 is 5.73 Å². The van der Waals surface area contributed by atoms with Gasteiger partial charge in [0.2, 0.25) is 0 Å². The van der Waals surface area contributed by atoms with Gasteiger partial charge in [-0.1, -0.05) is 17.7 Å². The summed E-state index contributed by atoms with van der Waals surface area (Å²) in [5.41, 5.74) is 10.3. The highest BCUT2D eigenvalue weighted by molar-refractivity contribution is 6.31. The summed E-state index contributed by atoms with van der Waals surface area (Å²) in [5, 5.41) is 0.766. The molecule has 0 aliphatic carbocycles. The molecule has 3 aromatic rings. The molecular formula is C14H12ClN3. The largest absolute Gasteiger partial charge is 0.396 e. The molecule has 1 aromatic carbocycles. The Morgan fingerprint density at radius 3 is 2.83 bits per heavy atom. The van der Waals surface area contributed by atoms with Crippen LogP contribution in [0.2, 0.25) is 5.02 Å². The van der Waals surface area contributed by atoms with Gasteiger partial charge in [0.1, 0.15) is 0 Å². The summed E-state index contributed by atoms with van der Waals surface area (Å²) in [6, 6.07) is 9.63. The van der Waals surface area contributed by atoms with Crippen molar-refractivity contribution >= 4 is 22.9 Å². The Bertz CT molecular complexity index is 731. The number of rotatable bonds is 1. The van der Waals surface area contributed by atoms with Gasteiger partial charge in [-0.25, -0.2) is 4.98 Å². The Morgan fingerprint density at radius 2 is 2.11 bits per heavy atom. The normalized spacial score (nSPS) is 11.0. The van der Waals surface area contributed by atoms with Crippen LogP contribution in [0.1, 0.15) is 5.56 Å². The fourth-order valence-corrected chi connectivity index (χ4v) is 2.10. The average molecular weight is 258 g/mol. The zero-order valence-corrected chi connectivity index (χ0v) is 10.6. The Morgan fingerprint density at radius 1 is 1.28 bits per heavy atom. The molecule has 0 saturated carbocycles. The van der Waals surface area contributed by atoms with E-state index in [-0.39, 0.29) is 0 Å². The minimum Gasteiger partial charge on any atom is -0.396 e. The quantitative estimate of drug-likeness (QED) is 0.725. The molecule has 0 spiro atoms. The second-order valence-electron chi connectivity index (χ2n) is 4.28. The molecule has 18 heavy (non-hydrogen) atoms. The van der Waals surface area contributed by atoms with Crippen LogP contribution in [0.4, 0.5) is 5.69 Å². The first-order valence-corrected chi connectivity index (χ1v) is 6.02. The molecule has 0 atom stereocenters. The molecule has 90 valence electrons. The van der Waals surface area contributed by atoms with E-state index in [2.05, 4.69) is 4.98 Å². The molecule has 4 heteroatoms. The zero-order chi connectivity index (χ0) is 12.7. The van der Waals surface area contributed by atoms with Crippen LogP contribution in [0, 0.1) is 6.92 Å². The molecule has 3 rings (SSSR count). The van der Waals surface area contributed by atoms with Crippen LogP contribution in [0.5, 0.6) is 0 Å². The van der Waals surface area contributed by atoms with E-state index in [4.69, 9.17) is 17.3 Å². The summed E-state index contributed by atoms with van der Waals surface area (Å²) in [5.74, 6) is 0. The summed E-state index contributed by atoms with van der Waals surface area (Å²) in [4.78, 5) is 4.55. The number of nitrogens with two attached hydrogens (primary N) is 1. The summed E-state index contributed by atoms with van der Waals surface area (Å²) in [6.45, 7) is 1.98. The number of imidazole rings is 1. The van der Waals surface area contributed by atoms with Crippen molar-refractivity contribution in [2.45, 2.75) is 6.92 Å². The Labute approximate surface area is 110 Å². The number of nitrogens with zero attached hydrogens (tertiary/aromatic N) is 2. The smallest absolute Gasteiger partial charge is 0.160 e. The molecular weight excluding hydrogens is 246 g/mol. The van der Waals surface area contributed by atoms with Crippen molar-refractivity contribution in [2.75, 3.05) is 5.73 Å². The maximum absolute atomic E-state index is 6.03. The number of nitrogen functional groups attached to an aromatic ring is 1. The van der Waals surface area contributed by atoms with E-state index in [1.165, 1.54) is 0 Å². The monoisotopic (exact) mass is 257 g/mol. The Kier molecular flexibility index (Phi) is 2.49. The molecule has 0 unspecified atom stereocenters. The fraction of sp³-hybridized carbons (Fsp3) is 0.0714. The third-order valence-corrected chi connectivity index (χ3v) is 3.39. The van der Waals surface area contributed by atoms with Crippen LogP contribution in [-0.2, 0) is 0 Å². The van der Waals surface area contributed by atoms with Gasteiger partial charge in [-0.05, 0) is 36.8 Å². The lowest BCUT2D eigenvalue weighted by Gasteiger charge is -2.00. The molecule has 0 fully saturated rings. The van der Waals surface area contributed by atoms with Gasteiger partial charge >= 0.3 is 0 Å². The van der Waals surface area contributed by atoms with Gasteiger partial charge in [-0.3, -0.25) is 0 Å². The van der Waals surface area contributed by atoms with E-state index >= 15 is 0 Å². The van der Waals surface area contributed by atoms with Crippen molar-refractivity contribution in [2.24, 2.45) is 0 Å². The van der Waals surface area contributed by atoms with Gasteiger partial charge < -0.3 is 10.1 Å². The SMILES string of the molecule is Cc1cc(-c2cn3cccc(N)c3n2)ccc1Cl. The highest BCUT2D eigenvalue weighted by Crippen LogP contribution is 2.25. The van der Waals surface area contributed by atoms with E-state index < -0.39 is 0 Å². The second kappa shape index (κ2) is 4.03. The van der Waals surface area contributed by atoms with Crippen molar-refractivity contribution in [3.63, 3.8) is 0 Å². The van der Waals surface area contributed by atoms with Gasteiger partial charge in [0.25, 0.3) is 0 Å². The van der Waals surface area contributed by atoms with Crippen molar-refractivity contribution < 1.29 is 0 Å². The molecule has 0 radical (unpaired) electrons. The lowest BCUT2D eigenvalue weighted by molar-refractivity contribution is 1.19. The number of anilines is 1. The standard InChI is InChI=1S/C14H12ClN3/c1-9-7-10(4-5-11(9)15)13-8-18-6-2-3-12(16)14(18)17-13/h2-8H,16H2,1H3. The lowest BCUT2D eigenvalue weighted by atomic mass is 10.1. The molecule has 3 nitrogen and oxygen atoms in total. The number of aryl methyl sites for hydroxylation is 1. The van der Waals surface area contributed by atoms with Crippen LogP contribution in [-0.4, -0.2) is 9.38 Å². The fourth-order valence-electron chi connectivity index (χ4n) is 1.98. The third kappa shape index (κ3) is 1.73. The van der Waals surface area contributed by atoms with E-state index in [1.807, 2.05) is 54.0 Å². The minimum atomic E-state index is 0.675. The maximum atomic E-state index is 6.03.